The molecule has 4 heteroatoms. The third-order valence-electron chi connectivity index (χ3n) is 3.06. The van der Waals surface area contributed by atoms with Gasteiger partial charge in [0.15, 0.2) is 0 Å². The summed E-state index contributed by atoms with van der Waals surface area (Å²) < 4.78 is 1.57. The average molecular weight is 288 g/mol. The third kappa shape index (κ3) is 4.47. The minimum atomic E-state index is 0.0139. The number of rotatable bonds is 3. The van der Waals surface area contributed by atoms with Crippen LogP contribution in [0.2, 0.25) is 0 Å². The van der Waals surface area contributed by atoms with E-state index in [0.29, 0.717) is 0 Å². The van der Waals surface area contributed by atoms with E-state index in [2.05, 4.69) is 29.2 Å². The summed E-state index contributed by atoms with van der Waals surface area (Å²) in [5.74, 6) is 1.66. The van der Waals surface area contributed by atoms with Gasteiger partial charge in [-0.1, -0.05) is 60.7 Å². The maximum Gasteiger partial charge on any atom is 0.120 e. The van der Waals surface area contributed by atoms with E-state index in [1.807, 2.05) is 36.4 Å². The van der Waals surface area contributed by atoms with Gasteiger partial charge in [-0.25, -0.2) is 4.98 Å². The zero-order valence-corrected chi connectivity index (χ0v) is 12.2. The van der Waals surface area contributed by atoms with Crippen LogP contribution in [0.5, 0.6) is 0 Å². The van der Waals surface area contributed by atoms with E-state index in [1.165, 1.54) is 0 Å². The van der Waals surface area contributed by atoms with Gasteiger partial charge >= 0.3 is 0 Å². The summed E-state index contributed by atoms with van der Waals surface area (Å²) in [6.45, 7) is 0.0139. The molecule has 1 N–H and O–H groups in total. The standard InChI is InChI=1S/C14H11B.C4H6N2O/c15-11-14(12-7-3-1-4-8-12)13-9-5-2-6-10-13;7-4-6-2-1-5-3-6/h1-11H;1-3,7H,4H2. The molecule has 0 aliphatic carbocycles. The van der Waals surface area contributed by atoms with Gasteiger partial charge in [0.2, 0.25) is 0 Å². The largest absolute Gasteiger partial charge is 0.376 e. The Kier molecular flexibility index (Phi) is 6.21. The van der Waals surface area contributed by atoms with E-state index in [1.54, 1.807) is 29.3 Å². The smallest absolute Gasteiger partial charge is 0.120 e. The highest BCUT2D eigenvalue weighted by molar-refractivity contribution is 6.21. The van der Waals surface area contributed by atoms with Crippen LogP contribution in [0.25, 0.3) is 5.57 Å². The van der Waals surface area contributed by atoms with Crippen molar-refractivity contribution in [2.45, 2.75) is 6.73 Å². The van der Waals surface area contributed by atoms with Crippen LogP contribution in [0.3, 0.4) is 0 Å². The van der Waals surface area contributed by atoms with Crippen LogP contribution in [-0.2, 0) is 6.73 Å². The monoisotopic (exact) mass is 288 g/mol. The number of hydrogen-bond donors (Lipinski definition) is 1. The van der Waals surface area contributed by atoms with Gasteiger partial charge in [-0.15, -0.1) is 5.98 Å². The van der Waals surface area contributed by atoms with Gasteiger partial charge in [-0.3, -0.25) is 0 Å². The highest BCUT2D eigenvalue weighted by Crippen LogP contribution is 2.21. The van der Waals surface area contributed by atoms with Crippen molar-refractivity contribution in [3.05, 3.63) is 96.5 Å². The number of aliphatic hydroxyl groups is 1. The summed E-state index contributed by atoms with van der Waals surface area (Å²) in [6, 6.07) is 20.3. The Bertz CT molecular complexity index is 638. The van der Waals surface area contributed by atoms with Crippen molar-refractivity contribution >= 4 is 13.4 Å². The van der Waals surface area contributed by atoms with Crippen molar-refractivity contribution in [2.75, 3.05) is 0 Å². The van der Waals surface area contributed by atoms with Crippen LogP contribution in [0.15, 0.2) is 85.4 Å². The predicted molar refractivity (Wildman–Crippen MR) is 90.2 cm³/mol. The molecule has 0 spiro atoms. The van der Waals surface area contributed by atoms with Crippen LogP contribution in [0.1, 0.15) is 11.1 Å². The van der Waals surface area contributed by atoms with Gasteiger partial charge in [0.25, 0.3) is 0 Å². The highest BCUT2D eigenvalue weighted by Gasteiger charge is 2.01. The van der Waals surface area contributed by atoms with Crippen LogP contribution < -0.4 is 0 Å². The van der Waals surface area contributed by atoms with E-state index in [4.69, 9.17) is 13.0 Å². The first-order valence-corrected chi connectivity index (χ1v) is 6.94. The zero-order valence-electron chi connectivity index (χ0n) is 12.2. The van der Waals surface area contributed by atoms with Crippen molar-refractivity contribution in [3.8, 4) is 0 Å². The molecular formula is C18H17BN2O. The maximum absolute atomic E-state index is 8.35. The second-order valence-electron chi connectivity index (χ2n) is 4.53. The van der Waals surface area contributed by atoms with E-state index in [0.717, 1.165) is 16.7 Å². The van der Waals surface area contributed by atoms with Gasteiger partial charge in [-0.2, -0.15) is 0 Å². The lowest BCUT2D eigenvalue weighted by Crippen LogP contribution is -1.89. The zero-order chi connectivity index (χ0) is 15.6. The van der Waals surface area contributed by atoms with Gasteiger partial charge in [0.1, 0.15) is 14.6 Å². The number of nitrogens with zero attached hydrogens (tertiary/aromatic N) is 2. The summed E-state index contributed by atoms with van der Waals surface area (Å²) in [7, 11) is 5.67. The Morgan fingerprint density at radius 2 is 1.55 bits per heavy atom. The number of aromatic nitrogens is 2. The van der Waals surface area contributed by atoms with Gasteiger partial charge < -0.3 is 9.67 Å². The average Bonchev–Trinajstić information content (AvgIpc) is 3.12. The fourth-order valence-electron chi connectivity index (χ4n) is 1.96. The first-order valence-electron chi connectivity index (χ1n) is 6.94. The van der Waals surface area contributed by atoms with Crippen LogP contribution >= 0.6 is 0 Å². The first kappa shape index (κ1) is 15.8. The molecule has 0 aliphatic heterocycles. The van der Waals surface area contributed by atoms with Crippen molar-refractivity contribution < 1.29 is 5.11 Å². The van der Waals surface area contributed by atoms with Crippen molar-refractivity contribution in [1.82, 2.24) is 9.55 Å². The molecule has 0 fully saturated rings. The molecule has 3 nitrogen and oxygen atoms in total. The Hall–Kier alpha value is -2.59. The molecule has 0 aliphatic rings. The van der Waals surface area contributed by atoms with Crippen LogP contribution in [-0.4, -0.2) is 22.5 Å². The minimum absolute atomic E-state index is 0.0139. The van der Waals surface area contributed by atoms with E-state index in [-0.39, 0.29) is 6.73 Å². The molecule has 22 heavy (non-hydrogen) atoms. The Labute approximate surface area is 132 Å². The Morgan fingerprint density at radius 3 is 1.86 bits per heavy atom. The minimum Gasteiger partial charge on any atom is -0.376 e. The molecule has 1 aromatic heterocycles. The Balaban J connectivity index is 0.000000211. The molecule has 2 radical (unpaired) electrons. The number of imidazole rings is 1. The molecule has 0 saturated carbocycles. The lowest BCUT2D eigenvalue weighted by molar-refractivity contribution is 0.210. The second kappa shape index (κ2) is 8.65. The highest BCUT2D eigenvalue weighted by atomic mass is 16.3. The van der Waals surface area contributed by atoms with Gasteiger partial charge in [0.05, 0.1) is 6.33 Å². The number of benzene rings is 2. The molecule has 0 unspecified atom stereocenters. The first-order chi connectivity index (χ1) is 10.8. The summed E-state index contributed by atoms with van der Waals surface area (Å²) in [5, 5.41) is 8.35. The van der Waals surface area contributed by atoms with Crippen molar-refractivity contribution in [2.24, 2.45) is 0 Å². The maximum atomic E-state index is 8.35. The summed E-state index contributed by atoms with van der Waals surface area (Å²) >= 11 is 0. The molecule has 1 heterocycles. The normalized spacial score (nSPS) is 9.50. The van der Waals surface area contributed by atoms with Gasteiger partial charge in [-0.05, 0) is 16.7 Å². The van der Waals surface area contributed by atoms with Crippen molar-refractivity contribution in [1.29, 1.82) is 0 Å². The molecule has 108 valence electrons. The fourth-order valence-corrected chi connectivity index (χ4v) is 1.96. The van der Waals surface area contributed by atoms with E-state index >= 15 is 0 Å². The van der Waals surface area contributed by atoms with Gasteiger partial charge in [0, 0.05) is 12.4 Å². The molecule has 0 atom stereocenters. The molecule has 3 aromatic rings. The number of aliphatic hydroxyl groups excluding tert-OH is 1. The molecule has 3 rings (SSSR count). The predicted octanol–water partition coefficient (Wildman–Crippen LogP) is 3.08. The lowest BCUT2D eigenvalue weighted by atomic mass is 9.92. The fraction of sp³-hybridized carbons (Fsp3) is 0.0556. The Morgan fingerprint density at radius 1 is 1.00 bits per heavy atom. The SMILES string of the molecule is OCn1ccnc1.[B]C=C(c1ccccc1)c1ccccc1. The molecular weight excluding hydrogens is 271 g/mol. The molecule has 0 bridgehead atoms. The van der Waals surface area contributed by atoms with Crippen LogP contribution in [0.4, 0.5) is 0 Å². The summed E-state index contributed by atoms with van der Waals surface area (Å²) in [6.07, 6.45) is 4.87. The van der Waals surface area contributed by atoms with E-state index < -0.39 is 0 Å². The molecule has 2 aromatic carbocycles. The topological polar surface area (TPSA) is 38.0 Å². The van der Waals surface area contributed by atoms with Crippen molar-refractivity contribution in [3.63, 3.8) is 0 Å². The van der Waals surface area contributed by atoms with E-state index in [9.17, 15) is 0 Å². The van der Waals surface area contributed by atoms with Crippen LogP contribution in [0, 0.1) is 0 Å². The summed E-state index contributed by atoms with van der Waals surface area (Å²) in [4.78, 5) is 3.70. The lowest BCUT2D eigenvalue weighted by Gasteiger charge is -2.07. The molecule has 0 amide bonds. The summed E-state index contributed by atoms with van der Waals surface area (Å²) in [5.41, 5.74) is 3.36. The quantitative estimate of drug-likeness (QED) is 0.752. The third-order valence-corrected chi connectivity index (χ3v) is 3.06. The molecule has 0 saturated heterocycles. The number of hydrogen-bond acceptors (Lipinski definition) is 2. The second-order valence-corrected chi connectivity index (χ2v) is 4.53.